The van der Waals surface area contributed by atoms with Gasteiger partial charge in [-0.25, -0.2) is 9.79 Å². The monoisotopic (exact) mass is 355 g/mol. The number of carbonyl (C=O) groups is 3. The summed E-state index contributed by atoms with van der Waals surface area (Å²) in [6, 6.07) is 8.19. The van der Waals surface area contributed by atoms with Crippen molar-refractivity contribution in [2.45, 2.75) is 12.2 Å². The highest BCUT2D eigenvalue weighted by molar-refractivity contribution is 6.07. The highest BCUT2D eigenvalue weighted by Crippen LogP contribution is 2.36. The number of rotatable bonds is 3. The van der Waals surface area contributed by atoms with Gasteiger partial charge in [-0.2, -0.15) is 0 Å². The lowest BCUT2D eigenvalue weighted by Crippen LogP contribution is -2.63. The minimum absolute atomic E-state index is 0.294. The van der Waals surface area contributed by atoms with Crippen LogP contribution in [-0.4, -0.2) is 81.4 Å². The number of aliphatic carboxylic acids is 1. The quantitative estimate of drug-likeness (QED) is 0.836. The molecule has 3 aliphatic heterocycles. The Morgan fingerprint density at radius 2 is 1.88 bits per heavy atom. The van der Waals surface area contributed by atoms with E-state index in [9.17, 15) is 19.5 Å². The molecule has 4 rings (SSSR count). The van der Waals surface area contributed by atoms with Crippen LogP contribution in [0.5, 0.6) is 0 Å². The number of carboxylic acid groups (broad SMARTS) is 1. The molecular formula is C17H17N5O4. The summed E-state index contributed by atoms with van der Waals surface area (Å²) in [6.07, 6.45) is 1.06. The molecular weight excluding hydrogens is 338 g/mol. The summed E-state index contributed by atoms with van der Waals surface area (Å²) in [5.74, 6) is -1.01. The summed E-state index contributed by atoms with van der Waals surface area (Å²) >= 11 is 0. The number of aliphatic imine (C=N–C) groups is 1. The molecule has 1 saturated heterocycles. The molecule has 1 N–H and O–H groups in total. The van der Waals surface area contributed by atoms with Gasteiger partial charge < -0.3 is 14.9 Å². The number of fused-ring (bicyclic) bond motifs is 3. The fraction of sp³-hybridized carbons (Fsp3) is 0.294. The second kappa shape index (κ2) is 5.58. The van der Waals surface area contributed by atoms with E-state index >= 15 is 0 Å². The zero-order valence-corrected chi connectivity index (χ0v) is 14.2. The molecule has 1 aromatic rings. The summed E-state index contributed by atoms with van der Waals surface area (Å²) < 4.78 is 0. The number of nitrogens with zero attached hydrogens (tertiary/aromatic N) is 5. The first-order chi connectivity index (χ1) is 12.4. The van der Waals surface area contributed by atoms with Crippen molar-refractivity contribution in [2.75, 3.05) is 20.6 Å². The van der Waals surface area contributed by atoms with E-state index in [0.717, 1.165) is 10.5 Å². The number of hydrogen-bond acceptors (Lipinski definition) is 6. The average Bonchev–Trinajstić information content (AvgIpc) is 3.16. The van der Waals surface area contributed by atoms with Crippen molar-refractivity contribution in [3.8, 4) is 0 Å². The van der Waals surface area contributed by atoms with Crippen LogP contribution in [0.4, 0.5) is 4.79 Å². The van der Waals surface area contributed by atoms with E-state index in [0.29, 0.717) is 11.7 Å². The minimum atomic E-state index is -1.01. The summed E-state index contributed by atoms with van der Waals surface area (Å²) in [4.78, 5) is 46.4. The zero-order chi connectivity index (χ0) is 18.6. The van der Waals surface area contributed by atoms with Crippen molar-refractivity contribution < 1.29 is 19.5 Å². The molecule has 9 heteroatoms. The number of imide groups is 1. The molecule has 134 valence electrons. The third-order valence-corrected chi connectivity index (χ3v) is 4.79. The van der Waals surface area contributed by atoms with Crippen molar-refractivity contribution in [3.63, 3.8) is 0 Å². The smallest absolute Gasteiger partial charge is 0.328 e. The first kappa shape index (κ1) is 16.1. The summed E-state index contributed by atoms with van der Waals surface area (Å²) in [7, 11) is 3.01. The summed E-state index contributed by atoms with van der Waals surface area (Å²) in [5, 5.41) is 9.32. The third kappa shape index (κ3) is 2.17. The Hall–Kier alpha value is -3.36. The van der Waals surface area contributed by atoms with Crippen molar-refractivity contribution in [3.05, 3.63) is 42.1 Å². The van der Waals surface area contributed by atoms with Gasteiger partial charge in [0.05, 0.1) is 5.70 Å². The molecule has 0 aromatic heterocycles. The van der Waals surface area contributed by atoms with Gasteiger partial charge in [-0.1, -0.05) is 30.3 Å². The van der Waals surface area contributed by atoms with Crippen LogP contribution in [0.2, 0.25) is 0 Å². The third-order valence-electron chi connectivity index (χ3n) is 4.79. The molecule has 2 unspecified atom stereocenters. The fourth-order valence-electron chi connectivity index (χ4n) is 3.50. The second-order valence-corrected chi connectivity index (χ2v) is 6.35. The van der Waals surface area contributed by atoms with E-state index in [2.05, 4.69) is 4.99 Å². The first-order valence-electron chi connectivity index (χ1n) is 8.07. The number of carbonyl (C=O) groups excluding carboxylic acids is 2. The summed E-state index contributed by atoms with van der Waals surface area (Å²) in [6.45, 7) is -0.294. The molecule has 0 aliphatic carbocycles. The Morgan fingerprint density at radius 1 is 1.19 bits per heavy atom. The largest absolute Gasteiger partial charge is 0.480 e. The Morgan fingerprint density at radius 3 is 2.54 bits per heavy atom. The SMILES string of the molecule is CN1C(=O)C2C(N=C3N(CC(=O)O)C(c4ccccc4)=CN32)N(C)C1=O. The maximum absolute atomic E-state index is 12.7. The van der Waals surface area contributed by atoms with E-state index in [1.807, 2.05) is 30.3 Å². The van der Waals surface area contributed by atoms with E-state index < -0.39 is 24.2 Å². The van der Waals surface area contributed by atoms with Gasteiger partial charge in [0.2, 0.25) is 5.96 Å². The van der Waals surface area contributed by atoms with Crippen molar-refractivity contribution >= 4 is 29.6 Å². The van der Waals surface area contributed by atoms with Gasteiger partial charge in [0.25, 0.3) is 5.91 Å². The van der Waals surface area contributed by atoms with Gasteiger partial charge in [0.1, 0.15) is 6.54 Å². The van der Waals surface area contributed by atoms with Crippen LogP contribution in [0.25, 0.3) is 5.70 Å². The van der Waals surface area contributed by atoms with Gasteiger partial charge in [0.15, 0.2) is 12.2 Å². The molecule has 0 saturated carbocycles. The number of hydrogen-bond donors (Lipinski definition) is 1. The molecule has 3 aliphatic rings. The molecule has 3 amide bonds. The van der Waals surface area contributed by atoms with Crippen LogP contribution in [0.3, 0.4) is 0 Å². The average molecular weight is 355 g/mol. The molecule has 26 heavy (non-hydrogen) atoms. The fourth-order valence-corrected chi connectivity index (χ4v) is 3.50. The van der Waals surface area contributed by atoms with E-state index in [4.69, 9.17) is 0 Å². The number of likely N-dealkylation sites (N-methyl/N-ethyl adjacent to an activating group) is 2. The number of amides is 3. The Bertz CT molecular complexity index is 865. The first-order valence-corrected chi connectivity index (χ1v) is 8.07. The normalized spacial score (nSPS) is 24.5. The molecule has 9 nitrogen and oxygen atoms in total. The Labute approximate surface area is 149 Å². The van der Waals surface area contributed by atoms with E-state index in [1.165, 1.54) is 11.9 Å². The highest BCUT2D eigenvalue weighted by Gasteiger charge is 2.54. The van der Waals surface area contributed by atoms with E-state index in [-0.39, 0.29) is 12.5 Å². The number of guanidine groups is 1. The summed E-state index contributed by atoms with van der Waals surface area (Å²) in [5.41, 5.74) is 1.48. The van der Waals surface area contributed by atoms with E-state index in [1.54, 1.807) is 23.0 Å². The Kier molecular flexibility index (Phi) is 3.46. The minimum Gasteiger partial charge on any atom is -0.480 e. The molecule has 3 heterocycles. The lowest BCUT2D eigenvalue weighted by atomic mass is 10.1. The Balaban J connectivity index is 1.78. The lowest BCUT2D eigenvalue weighted by molar-refractivity contribution is -0.137. The molecule has 1 fully saturated rings. The van der Waals surface area contributed by atoms with Crippen LogP contribution in [0, 0.1) is 0 Å². The maximum Gasteiger partial charge on any atom is 0.328 e. The standard InChI is InChI=1S/C17H17N5O4/c1-19-14-13(15(25)20(2)17(19)26)22-8-11(10-6-4-3-5-7-10)21(9-12(23)24)16(22)18-14/h3-8,13-14H,9H2,1-2H3,(H,23,24). The molecule has 2 atom stereocenters. The van der Waals surface area contributed by atoms with Crippen LogP contribution in [0.1, 0.15) is 5.56 Å². The molecule has 0 bridgehead atoms. The molecule has 0 radical (unpaired) electrons. The predicted molar refractivity (Wildman–Crippen MR) is 91.5 cm³/mol. The lowest BCUT2D eigenvalue weighted by Gasteiger charge is -2.38. The van der Waals surface area contributed by atoms with Crippen LogP contribution < -0.4 is 0 Å². The predicted octanol–water partition coefficient (Wildman–Crippen LogP) is 0.275. The van der Waals surface area contributed by atoms with Gasteiger partial charge in [-0.3, -0.25) is 19.4 Å². The van der Waals surface area contributed by atoms with Crippen LogP contribution in [-0.2, 0) is 9.59 Å². The van der Waals surface area contributed by atoms with Gasteiger partial charge in [-0.15, -0.1) is 0 Å². The van der Waals surface area contributed by atoms with Gasteiger partial charge in [-0.05, 0) is 5.56 Å². The van der Waals surface area contributed by atoms with Crippen LogP contribution >= 0.6 is 0 Å². The maximum atomic E-state index is 12.7. The molecule has 1 aromatic carbocycles. The zero-order valence-electron chi connectivity index (χ0n) is 14.2. The topological polar surface area (TPSA) is 96.8 Å². The van der Waals surface area contributed by atoms with Gasteiger partial charge in [0, 0.05) is 20.3 Å². The molecule has 0 spiro atoms. The second-order valence-electron chi connectivity index (χ2n) is 6.35. The van der Waals surface area contributed by atoms with Crippen molar-refractivity contribution in [2.24, 2.45) is 4.99 Å². The van der Waals surface area contributed by atoms with Crippen molar-refractivity contribution in [1.29, 1.82) is 0 Å². The van der Waals surface area contributed by atoms with Crippen molar-refractivity contribution in [1.82, 2.24) is 19.6 Å². The number of urea groups is 1. The highest BCUT2D eigenvalue weighted by atomic mass is 16.4. The number of benzene rings is 1. The number of carboxylic acids is 1. The van der Waals surface area contributed by atoms with Gasteiger partial charge >= 0.3 is 12.0 Å². The van der Waals surface area contributed by atoms with Crippen LogP contribution in [0.15, 0.2) is 41.5 Å².